The van der Waals surface area contributed by atoms with Gasteiger partial charge < -0.3 is 10.1 Å². The first-order chi connectivity index (χ1) is 13.5. The smallest absolute Gasteiger partial charge is 0.387 e. The number of carbonyl (C=O) groups is 1. The van der Waals surface area contributed by atoms with Gasteiger partial charge in [-0.25, -0.2) is 0 Å². The Morgan fingerprint density at radius 3 is 2.43 bits per heavy atom. The molecule has 3 rings (SSSR count). The molecule has 1 aliphatic rings. The summed E-state index contributed by atoms with van der Waals surface area (Å²) in [6, 6.07) is 16.7. The van der Waals surface area contributed by atoms with E-state index in [1.165, 1.54) is 30.5 Å². The minimum atomic E-state index is -2.84. The fourth-order valence-electron chi connectivity index (χ4n) is 3.16. The molecule has 0 bridgehead atoms. The zero-order valence-corrected chi connectivity index (χ0v) is 16.0. The van der Waals surface area contributed by atoms with Crippen LogP contribution in [-0.4, -0.2) is 30.5 Å². The number of alkyl halides is 2. The van der Waals surface area contributed by atoms with Crippen LogP contribution in [0.25, 0.3) is 0 Å². The van der Waals surface area contributed by atoms with Crippen molar-refractivity contribution in [1.82, 2.24) is 10.2 Å². The molecule has 0 heterocycles. The molecular formula is C22H26F2N2O2. The molecule has 6 heteroatoms. The molecule has 1 N–H and O–H groups in total. The molecule has 1 atom stereocenters. The van der Waals surface area contributed by atoms with Gasteiger partial charge in [0.2, 0.25) is 5.91 Å². The molecule has 1 unspecified atom stereocenters. The van der Waals surface area contributed by atoms with Gasteiger partial charge in [-0.05, 0) is 48.9 Å². The number of nitrogens with zero attached hydrogens (tertiary/aromatic N) is 1. The molecule has 0 radical (unpaired) electrons. The average Bonchev–Trinajstić information content (AvgIpc) is 3.51. The quantitative estimate of drug-likeness (QED) is 0.657. The second-order valence-electron chi connectivity index (χ2n) is 7.26. The third-order valence-corrected chi connectivity index (χ3v) is 5.00. The van der Waals surface area contributed by atoms with Crippen LogP contribution in [0.4, 0.5) is 8.78 Å². The predicted molar refractivity (Wildman–Crippen MR) is 104 cm³/mol. The van der Waals surface area contributed by atoms with E-state index in [0.717, 1.165) is 12.1 Å². The lowest BCUT2D eigenvalue weighted by Crippen LogP contribution is -2.39. The fourth-order valence-corrected chi connectivity index (χ4v) is 3.16. The van der Waals surface area contributed by atoms with Crippen molar-refractivity contribution in [2.45, 2.75) is 39.0 Å². The van der Waals surface area contributed by atoms with Crippen molar-refractivity contribution in [3.63, 3.8) is 0 Å². The Morgan fingerprint density at radius 1 is 1.14 bits per heavy atom. The summed E-state index contributed by atoms with van der Waals surface area (Å²) >= 11 is 0. The van der Waals surface area contributed by atoms with Crippen LogP contribution in [0.5, 0.6) is 5.75 Å². The number of benzene rings is 2. The van der Waals surface area contributed by atoms with Crippen LogP contribution in [0, 0.1) is 5.92 Å². The van der Waals surface area contributed by atoms with E-state index in [9.17, 15) is 13.6 Å². The summed E-state index contributed by atoms with van der Waals surface area (Å²) in [5.74, 6) is 0.745. The van der Waals surface area contributed by atoms with E-state index in [-0.39, 0.29) is 17.7 Å². The van der Waals surface area contributed by atoms with Crippen molar-refractivity contribution in [1.29, 1.82) is 0 Å². The Balaban J connectivity index is 1.53. The molecule has 1 saturated carbocycles. The van der Waals surface area contributed by atoms with Crippen molar-refractivity contribution in [2.24, 2.45) is 5.92 Å². The number of nitrogens with one attached hydrogen (secondary N) is 1. The van der Waals surface area contributed by atoms with Gasteiger partial charge in [0.1, 0.15) is 5.75 Å². The monoisotopic (exact) mass is 388 g/mol. The largest absolute Gasteiger partial charge is 0.435 e. The Bertz CT molecular complexity index is 749. The van der Waals surface area contributed by atoms with E-state index >= 15 is 0 Å². The Kier molecular flexibility index (Phi) is 6.98. The number of carbonyl (C=O) groups excluding carboxylic acids is 1. The standard InChI is InChI=1S/C22H26F2N2O2/c1-16(19-5-3-2-4-6-19)26(14-18-7-8-18)15-21(27)25-13-17-9-11-20(12-10-17)28-22(23)24/h2-6,9-12,16,18,22H,7-8,13-15H2,1H3,(H,25,27). The topological polar surface area (TPSA) is 41.6 Å². The number of amides is 1. The van der Waals surface area contributed by atoms with Crippen LogP contribution in [0.15, 0.2) is 54.6 Å². The summed E-state index contributed by atoms with van der Waals surface area (Å²) in [5, 5.41) is 2.92. The van der Waals surface area contributed by atoms with Crippen LogP contribution in [0.1, 0.15) is 36.9 Å². The molecular weight excluding hydrogens is 362 g/mol. The molecule has 0 spiro atoms. The fraction of sp³-hybridized carbons (Fsp3) is 0.409. The Morgan fingerprint density at radius 2 is 1.82 bits per heavy atom. The second kappa shape index (κ2) is 9.64. The van der Waals surface area contributed by atoms with Crippen LogP contribution in [0.3, 0.4) is 0 Å². The van der Waals surface area contributed by atoms with Crippen molar-refractivity contribution in [3.8, 4) is 5.75 Å². The summed E-state index contributed by atoms with van der Waals surface area (Å²) in [6.07, 6.45) is 2.46. The number of rotatable bonds is 10. The SMILES string of the molecule is CC(c1ccccc1)N(CC(=O)NCc1ccc(OC(F)F)cc1)CC1CC1. The predicted octanol–water partition coefficient (Wildman–Crippen LogP) is 4.38. The molecule has 1 amide bonds. The highest BCUT2D eigenvalue weighted by atomic mass is 19.3. The molecule has 2 aromatic rings. The van der Waals surface area contributed by atoms with Crippen LogP contribution in [-0.2, 0) is 11.3 Å². The van der Waals surface area contributed by atoms with Crippen molar-refractivity contribution < 1.29 is 18.3 Å². The molecule has 150 valence electrons. The van der Waals surface area contributed by atoms with E-state index in [0.29, 0.717) is 19.0 Å². The first kappa shape index (κ1) is 20.3. The maximum atomic E-state index is 12.5. The first-order valence-corrected chi connectivity index (χ1v) is 9.60. The molecule has 2 aromatic carbocycles. The third kappa shape index (κ3) is 6.30. The summed E-state index contributed by atoms with van der Waals surface area (Å²) < 4.78 is 28.7. The maximum absolute atomic E-state index is 12.5. The van der Waals surface area contributed by atoms with Crippen LogP contribution in [0.2, 0.25) is 0 Å². The zero-order valence-electron chi connectivity index (χ0n) is 16.0. The van der Waals surface area contributed by atoms with Crippen molar-refractivity contribution in [2.75, 3.05) is 13.1 Å². The molecule has 0 aliphatic heterocycles. The first-order valence-electron chi connectivity index (χ1n) is 9.60. The second-order valence-corrected chi connectivity index (χ2v) is 7.26. The highest BCUT2D eigenvalue weighted by Gasteiger charge is 2.28. The molecule has 0 saturated heterocycles. The lowest BCUT2D eigenvalue weighted by molar-refractivity contribution is -0.123. The zero-order chi connectivity index (χ0) is 19.9. The summed E-state index contributed by atoms with van der Waals surface area (Å²) in [7, 11) is 0. The summed E-state index contributed by atoms with van der Waals surface area (Å²) in [6.45, 7) is 0.898. The van der Waals surface area contributed by atoms with E-state index < -0.39 is 6.61 Å². The Hall–Kier alpha value is -2.47. The lowest BCUT2D eigenvalue weighted by atomic mass is 10.1. The van der Waals surface area contributed by atoms with Gasteiger partial charge in [-0.15, -0.1) is 0 Å². The van der Waals surface area contributed by atoms with Crippen molar-refractivity contribution >= 4 is 5.91 Å². The number of hydrogen-bond donors (Lipinski definition) is 1. The van der Waals surface area contributed by atoms with Gasteiger partial charge in [0.15, 0.2) is 0 Å². The number of ether oxygens (including phenoxy) is 1. The molecule has 1 fully saturated rings. The minimum Gasteiger partial charge on any atom is -0.435 e. The van der Waals surface area contributed by atoms with Crippen molar-refractivity contribution in [3.05, 3.63) is 65.7 Å². The van der Waals surface area contributed by atoms with Gasteiger partial charge in [-0.3, -0.25) is 9.69 Å². The van der Waals surface area contributed by atoms with E-state index in [1.54, 1.807) is 12.1 Å². The van der Waals surface area contributed by atoms with Crippen LogP contribution < -0.4 is 10.1 Å². The highest BCUT2D eigenvalue weighted by molar-refractivity contribution is 5.78. The minimum absolute atomic E-state index is 0.0451. The normalized spacial score (nSPS) is 14.9. The van der Waals surface area contributed by atoms with E-state index in [4.69, 9.17) is 0 Å². The van der Waals surface area contributed by atoms with Gasteiger partial charge in [-0.2, -0.15) is 8.78 Å². The molecule has 0 aromatic heterocycles. The summed E-state index contributed by atoms with van der Waals surface area (Å²) in [4.78, 5) is 14.7. The molecule has 4 nitrogen and oxygen atoms in total. The highest BCUT2D eigenvalue weighted by Crippen LogP contribution is 2.32. The number of halogens is 2. The Labute approximate surface area is 164 Å². The van der Waals surface area contributed by atoms with E-state index in [1.807, 2.05) is 18.2 Å². The van der Waals surface area contributed by atoms with Gasteiger partial charge in [0.25, 0.3) is 0 Å². The number of hydrogen-bond acceptors (Lipinski definition) is 3. The van der Waals surface area contributed by atoms with Crippen LogP contribution >= 0.6 is 0 Å². The van der Waals surface area contributed by atoms with Gasteiger partial charge >= 0.3 is 6.61 Å². The third-order valence-electron chi connectivity index (χ3n) is 5.00. The van der Waals surface area contributed by atoms with Gasteiger partial charge in [0, 0.05) is 19.1 Å². The average molecular weight is 388 g/mol. The van der Waals surface area contributed by atoms with E-state index in [2.05, 4.69) is 34.0 Å². The lowest BCUT2D eigenvalue weighted by Gasteiger charge is -2.29. The molecule has 1 aliphatic carbocycles. The molecule has 28 heavy (non-hydrogen) atoms. The van der Waals surface area contributed by atoms with Gasteiger partial charge in [0.05, 0.1) is 6.54 Å². The summed E-state index contributed by atoms with van der Waals surface area (Å²) in [5.41, 5.74) is 2.03. The van der Waals surface area contributed by atoms with Gasteiger partial charge in [-0.1, -0.05) is 42.5 Å². The maximum Gasteiger partial charge on any atom is 0.387 e.